The van der Waals surface area contributed by atoms with Crippen LogP contribution >= 0.6 is 11.8 Å². The van der Waals surface area contributed by atoms with Crippen molar-refractivity contribution >= 4 is 11.8 Å². The molecule has 0 unspecified atom stereocenters. The van der Waals surface area contributed by atoms with Crippen molar-refractivity contribution in [2.75, 3.05) is 13.1 Å². The number of hydrogen-bond donors (Lipinski definition) is 0. The lowest BCUT2D eigenvalue weighted by molar-refractivity contribution is -0.0498. The molecule has 0 N–H and O–H groups in total. The summed E-state index contributed by atoms with van der Waals surface area (Å²) in [5, 5.41) is 21.7. The molecule has 4 aromatic rings. The lowest BCUT2D eigenvalue weighted by Crippen LogP contribution is -2.21. The van der Waals surface area contributed by atoms with Crippen molar-refractivity contribution in [3.05, 3.63) is 66.2 Å². The first-order valence-electron chi connectivity index (χ1n) is 10.8. The molecule has 34 heavy (non-hydrogen) atoms. The lowest BCUT2D eigenvalue weighted by atomic mass is 10.3. The van der Waals surface area contributed by atoms with E-state index in [1.807, 2.05) is 30.3 Å². The second-order valence-corrected chi connectivity index (χ2v) is 8.66. The summed E-state index contributed by atoms with van der Waals surface area (Å²) in [6.07, 6.45) is 2.41. The predicted molar refractivity (Wildman–Crippen MR) is 121 cm³/mol. The van der Waals surface area contributed by atoms with Crippen LogP contribution in [0.5, 0.6) is 5.75 Å². The molecule has 176 valence electrons. The molecular formula is C22H22F2N8OS. The van der Waals surface area contributed by atoms with Crippen molar-refractivity contribution in [1.29, 1.82) is 0 Å². The van der Waals surface area contributed by atoms with Crippen LogP contribution in [0.25, 0.3) is 11.4 Å². The number of likely N-dealkylation sites (tertiary alicyclic amines) is 1. The van der Waals surface area contributed by atoms with Crippen LogP contribution < -0.4 is 4.74 Å². The standard InChI is InChI=1S/C22H22F2N8OS/c23-21(24)33-18-10-8-17(9-11-18)32-20(26-28-29-32)15-34-22-27-25-19(14-30-12-4-5-13-30)31(22)16-6-2-1-3-7-16/h1-3,6-11,21H,4-5,12-15H2. The van der Waals surface area contributed by atoms with Crippen LogP contribution in [-0.4, -0.2) is 59.6 Å². The zero-order valence-corrected chi connectivity index (χ0v) is 19.0. The Morgan fingerprint density at radius 1 is 0.882 bits per heavy atom. The topological polar surface area (TPSA) is 86.8 Å². The van der Waals surface area contributed by atoms with Gasteiger partial charge in [-0.3, -0.25) is 9.47 Å². The van der Waals surface area contributed by atoms with E-state index in [0.717, 1.165) is 36.3 Å². The zero-order chi connectivity index (χ0) is 23.3. The van der Waals surface area contributed by atoms with Gasteiger partial charge in [0.05, 0.1) is 18.0 Å². The first-order chi connectivity index (χ1) is 16.7. The predicted octanol–water partition coefficient (Wildman–Crippen LogP) is 3.73. The quantitative estimate of drug-likeness (QED) is 0.332. The van der Waals surface area contributed by atoms with E-state index in [9.17, 15) is 8.78 Å². The lowest BCUT2D eigenvalue weighted by Gasteiger charge is -2.15. The minimum absolute atomic E-state index is 0.0734. The molecule has 5 rings (SSSR count). The average molecular weight is 485 g/mol. The van der Waals surface area contributed by atoms with Gasteiger partial charge < -0.3 is 4.74 Å². The Morgan fingerprint density at radius 2 is 1.65 bits per heavy atom. The first-order valence-corrected chi connectivity index (χ1v) is 11.8. The van der Waals surface area contributed by atoms with Crippen molar-refractivity contribution in [3.8, 4) is 17.1 Å². The van der Waals surface area contributed by atoms with E-state index in [1.54, 1.807) is 16.8 Å². The van der Waals surface area contributed by atoms with Crippen LogP contribution in [-0.2, 0) is 12.3 Å². The summed E-state index contributed by atoms with van der Waals surface area (Å²) in [5.41, 5.74) is 1.64. The molecule has 3 heterocycles. The second-order valence-electron chi connectivity index (χ2n) is 7.72. The van der Waals surface area contributed by atoms with E-state index in [-0.39, 0.29) is 5.75 Å². The number of thioether (sulfide) groups is 1. The van der Waals surface area contributed by atoms with Gasteiger partial charge in [-0.15, -0.1) is 15.3 Å². The molecule has 0 bridgehead atoms. The highest BCUT2D eigenvalue weighted by molar-refractivity contribution is 7.98. The third-order valence-electron chi connectivity index (χ3n) is 5.45. The molecule has 1 fully saturated rings. The highest BCUT2D eigenvalue weighted by Gasteiger charge is 2.20. The van der Waals surface area contributed by atoms with Crippen LogP contribution in [0, 0.1) is 0 Å². The fourth-order valence-electron chi connectivity index (χ4n) is 3.87. The highest BCUT2D eigenvalue weighted by Crippen LogP contribution is 2.27. The average Bonchev–Trinajstić information content (AvgIpc) is 3.60. The number of nitrogens with zero attached hydrogens (tertiary/aromatic N) is 8. The number of para-hydroxylation sites is 1. The number of rotatable bonds is 9. The van der Waals surface area contributed by atoms with Gasteiger partial charge in [0.15, 0.2) is 16.8 Å². The molecule has 0 saturated carbocycles. The molecule has 0 amide bonds. The Hall–Kier alpha value is -3.38. The summed E-state index contributed by atoms with van der Waals surface area (Å²) in [6, 6.07) is 16.2. The molecule has 0 radical (unpaired) electrons. The van der Waals surface area contributed by atoms with Gasteiger partial charge in [-0.25, -0.2) is 0 Å². The molecular weight excluding hydrogens is 462 g/mol. The molecule has 1 saturated heterocycles. The van der Waals surface area contributed by atoms with E-state index < -0.39 is 6.61 Å². The number of alkyl halides is 2. The van der Waals surface area contributed by atoms with Crippen molar-refractivity contribution in [2.24, 2.45) is 0 Å². The molecule has 0 spiro atoms. The minimum Gasteiger partial charge on any atom is -0.435 e. The highest BCUT2D eigenvalue weighted by atomic mass is 32.2. The van der Waals surface area contributed by atoms with Gasteiger partial charge in [0.2, 0.25) is 0 Å². The molecule has 12 heteroatoms. The first kappa shape index (κ1) is 22.4. The number of hydrogen-bond acceptors (Lipinski definition) is 8. The number of ether oxygens (including phenoxy) is 1. The van der Waals surface area contributed by atoms with Gasteiger partial charge in [0.25, 0.3) is 0 Å². The van der Waals surface area contributed by atoms with E-state index in [0.29, 0.717) is 17.3 Å². The molecule has 9 nitrogen and oxygen atoms in total. The van der Waals surface area contributed by atoms with Crippen LogP contribution in [0.3, 0.4) is 0 Å². The summed E-state index contributed by atoms with van der Waals surface area (Å²) in [6.45, 7) is 0.0102. The Labute approximate surface area is 198 Å². The third kappa shape index (κ3) is 5.07. The molecule has 2 aromatic carbocycles. The Kier molecular flexibility index (Phi) is 6.77. The Morgan fingerprint density at radius 3 is 2.38 bits per heavy atom. The molecule has 1 aliphatic heterocycles. The van der Waals surface area contributed by atoms with E-state index in [4.69, 9.17) is 0 Å². The Bertz CT molecular complexity index is 1210. The fourth-order valence-corrected chi connectivity index (χ4v) is 4.74. The van der Waals surface area contributed by atoms with Crippen molar-refractivity contribution in [3.63, 3.8) is 0 Å². The van der Waals surface area contributed by atoms with Crippen LogP contribution in [0.4, 0.5) is 8.78 Å². The summed E-state index contributed by atoms with van der Waals surface area (Å²) in [7, 11) is 0. The molecule has 0 aliphatic carbocycles. The maximum atomic E-state index is 12.4. The minimum atomic E-state index is -2.87. The third-order valence-corrected chi connectivity index (χ3v) is 6.37. The number of tetrazole rings is 1. The van der Waals surface area contributed by atoms with Gasteiger partial charge in [0.1, 0.15) is 5.75 Å². The maximum Gasteiger partial charge on any atom is 0.387 e. The van der Waals surface area contributed by atoms with Gasteiger partial charge in [-0.05, 0) is 72.8 Å². The number of halogens is 2. The van der Waals surface area contributed by atoms with Crippen LogP contribution in [0.2, 0.25) is 0 Å². The maximum absolute atomic E-state index is 12.4. The van der Waals surface area contributed by atoms with Crippen LogP contribution in [0.15, 0.2) is 59.8 Å². The summed E-state index contributed by atoms with van der Waals surface area (Å²) >= 11 is 1.48. The smallest absolute Gasteiger partial charge is 0.387 e. The van der Waals surface area contributed by atoms with Crippen molar-refractivity contribution in [1.82, 2.24) is 39.9 Å². The zero-order valence-electron chi connectivity index (χ0n) is 18.2. The van der Waals surface area contributed by atoms with Crippen LogP contribution in [0.1, 0.15) is 24.5 Å². The van der Waals surface area contributed by atoms with E-state index >= 15 is 0 Å². The number of aromatic nitrogens is 7. The SMILES string of the molecule is FC(F)Oc1ccc(-n2nnnc2CSc2nnc(CN3CCCC3)n2-c2ccccc2)cc1. The summed E-state index contributed by atoms with van der Waals surface area (Å²) < 4.78 is 32.9. The molecule has 0 atom stereocenters. The second kappa shape index (κ2) is 10.3. The van der Waals surface area contributed by atoms with Crippen molar-refractivity contribution < 1.29 is 13.5 Å². The van der Waals surface area contributed by atoms with Gasteiger partial charge >= 0.3 is 6.61 Å². The monoisotopic (exact) mass is 484 g/mol. The normalized spacial score (nSPS) is 14.2. The Balaban J connectivity index is 1.36. The van der Waals surface area contributed by atoms with Gasteiger partial charge in [0, 0.05) is 5.69 Å². The largest absolute Gasteiger partial charge is 0.435 e. The van der Waals surface area contributed by atoms with Crippen molar-refractivity contribution in [2.45, 2.75) is 36.9 Å². The van der Waals surface area contributed by atoms with Gasteiger partial charge in [-0.2, -0.15) is 13.5 Å². The van der Waals surface area contributed by atoms with E-state index in [1.165, 1.54) is 36.7 Å². The number of benzene rings is 2. The molecule has 2 aromatic heterocycles. The van der Waals surface area contributed by atoms with Gasteiger partial charge in [-0.1, -0.05) is 30.0 Å². The molecule has 1 aliphatic rings. The fraction of sp³-hybridized carbons (Fsp3) is 0.318. The van der Waals surface area contributed by atoms with E-state index in [2.05, 4.69) is 39.9 Å². The summed E-state index contributed by atoms with van der Waals surface area (Å²) in [4.78, 5) is 2.39. The summed E-state index contributed by atoms with van der Waals surface area (Å²) in [5.74, 6) is 2.00.